The zero-order valence-electron chi connectivity index (χ0n) is 17.1. The fourth-order valence-corrected chi connectivity index (χ4v) is 4.47. The molecule has 1 N–H and O–H groups in total. The van der Waals surface area contributed by atoms with Crippen LogP contribution in [0.25, 0.3) is 0 Å². The first-order valence-electron chi connectivity index (χ1n) is 10.6. The fraction of sp³-hybridized carbons (Fsp3) is 0.292. The molecule has 0 saturated heterocycles. The Morgan fingerprint density at radius 2 is 1.94 bits per heavy atom. The largest absolute Gasteiger partial charge is 0.344 e. The van der Waals surface area contributed by atoms with Crippen molar-refractivity contribution in [2.45, 2.75) is 38.4 Å². The normalized spacial score (nSPS) is 17.8. The van der Waals surface area contributed by atoms with Crippen LogP contribution in [0.3, 0.4) is 0 Å². The van der Waals surface area contributed by atoms with E-state index in [4.69, 9.17) is 0 Å². The Morgan fingerprint density at radius 3 is 2.81 bits per heavy atom. The molecule has 0 saturated carbocycles. The van der Waals surface area contributed by atoms with Crippen molar-refractivity contribution in [1.29, 1.82) is 0 Å². The van der Waals surface area contributed by atoms with E-state index in [1.165, 1.54) is 11.6 Å². The van der Waals surface area contributed by atoms with Gasteiger partial charge in [0.2, 0.25) is 0 Å². The topological polar surface area (TPSA) is 67.2 Å². The lowest BCUT2D eigenvalue weighted by Crippen LogP contribution is -2.40. The smallest absolute Gasteiger partial charge is 0.272 e. The molecule has 7 heteroatoms. The van der Waals surface area contributed by atoms with Crippen molar-refractivity contribution in [2.24, 2.45) is 0 Å². The minimum absolute atomic E-state index is 0.0515. The zero-order chi connectivity index (χ0) is 21.4. The third kappa shape index (κ3) is 3.71. The number of amides is 2. The first kappa shape index (κ1) is 19.5. The van der Waals surface area contributed by atoms with Crippen molar-refractivity contribution in [3.8, 4) is 0 Å². The van der Waals surface area contributed by atoms with Gasteiger partial charge in [0.15, 0.2) is 5.69 Å². The Kier molecular flexibility index (Phi) is 5.02. The number of fused-ring (bicyclic) bond motifs is 2. The van der Waals surface area contributed by atoms with Crippen LogP contribution in [0.1, 0.15) is 56.6 Å². The van der Waals surface area contributed by atoms with E-state index < -0.39 is 0 Å². The summed E-state index contributed by atoms with van der Waals surface area (Å²) in [7, 11) is 0. The number of aromatic nitrogens is 2. The molecule has 0 bridgehead atoms. The number of carbonyl (C=O) groups is 2. The van der Waals surface area contributed by atoms with Crippen LogP contribution in [0.4, 0.5) is 4.39 Å². The van der Waals surface area contributed by atoms with Crippen molar-refractivity contribution in [3.63, 3.8) is 0 Å². The second kappa shape index (κ2) is 7.98. The van der Waals surface area contributed by atoms with Crippen LogP contribution in [-0.4, -0.2) is 33.0 Å². The fourth-order valence-electron chi connectivity index (χ4n) is 4.47. The Balaban J connectivity index is 1.32. The second-order valence-corrected chi connectivity index (χ2v) is 8.07. The summed E-state index contributed by atoms with van der Waals surface area (Å²) >= 11 is 0. The van der Waals surface area contributed by atoms with E-state index in [1.54, 1.807) is 33.8 Å². The molecule has 0 fully saturated rings. The summed E-state index contributed by atoms with van der Waals surface area (Å²) in [5.74, 6) is -0.858. The number of benzene rings is 2. The van der Waals surface area contributed by atoms with Crippen LogP contribution >= 0.6 is 0 Å². The predicted octanol–water partition coefficient (Wildman–Crippen LogP) is 3.49. The Labute approximate surface area is 179 Å². The summed E-state index contributed by atoms with van der Waals surface area (Å²) in [4.78, 5) is 27.4. The second-order valence-electron chi connectivity index (χ2n) is 8.07. The standard InChI is InChI=1S/C24H23FN4O2/c25-19-10-4-2-7-17(19)15-28-12-13-29-22(24(28)31)14-21(27-29)23(30)26-20-11-5-8-16-6-1-3-9-18(16)20/h1-4,6-7,9-10,14,20H,5,8,11-13,15H2,(H,26,30)/t20-/m0/s1. The Bertz CT molecular complexity index is 1160. The first-order valence-corrected chi connectivity index (χ1v) is 10.6. The summed E-state index contributed by atoms with van der Waals surface area (Å²) in [5.41, 5.74) is 3.48. The van der Waals surface area contributed by atoms with E-state index in [1.807, 2.05) is 12.1 Å². The van der Waals surface area contributed by atoms with Gasteiger partial charge in [-0.05, 0) is 36.5 Å². The maximum absolute atomic E-state index is 14.0. The summed E-state index contributed by atoms with van der Waals surface area (Å²) in [6.45, 7) is 1.07. The minimum atomic E-state index is -0.331. The molecule has 1 atom stereocenters. The maximum Gasteiger partial charge on any atom is 0.272 e. The van der Waals surface area contributed by atoms with Crippen molar-refractivity contribution in [3.05, 3.63) is 88.5 Å². The Hall–Kier alpha value is -3.48. The lowest BCUT2D eigenvalue weighted by molar-refractivity contribution is 0.0681. The van der Waals surface area contributed by atoms with Gasteiger partial charge in [-0.25, -0.2) is 4.39 Å². The average Bonchev–Trinajstić information content (AvgIpc) is 3.23. The molecular weight excluding hydrogens is 395 g/mol. The lowest BCUT2D eigenvalue weighted by Gasteiger charge is -2.27. The van der Waals surface area contributed by atoms with Gasteiger partial charge in [-0.15, -0.1) is 0 Å². The molecule has 158 valence electrons. The van der Waals surface area contributed by atoms with Gasteiger partial charge in [0.1, 0.15) is 11.5 Å². The molecule has 2 aromatic carbocycles. The highest BCUT2D eigenvalue weighted by molar-refractivity contribution is 5.98. The summed E-state index contributed by atoms with van der Waals surface area (Å²) in [5, 5.41) is 7.45. The van der Waals surface area contributed by atoms with Gasteiger partial charge >= 0.3 is 0 Å². The van der Waals surface area contributed by atoms with E-state index >= 15 is 0 Å². The molecular formula is C24H23FN4O2. The number of hydrogen-bond donors (Lipinski definition) is 1. The average molecular weight is 418 g/mol. The molecule has 1 aliphatic carbocycles. The highest BCUT2D eigenvalue weighted by Gasteiger charge is 2.29. The maximum atomic E-state index is 14.0. The number of halogens is 1. The lowest BCUT2D eigenvalue weighted by atomic mass is 9.87. The van der Waals surface area contributed by atoms with E-state index in [0.29, 0.717) is 24.3 Å². The number of rotatable bonds is 4. The van der Waals surface area contributed by atoms with E-state index in [9.17, 15) is 14.0 Å². The van der Waals surface area contributed by atoms with Gasteiger partial charge in [0.25, 0.3) is 11.8 Å². The number of nitrogens with zero attached hydrogens (tertiary/aromatic N) is 3. The molecule has 5 rings (SSSR count). The van der Waals surface area contributed by atoms with Gasteiger partial charge in [-0.3, -0.25) is 14.3 Å². The molecule has 1 aliphatic heterocycles. The predicted molar refractivity (Wildman–Crippen MR) is 113 cm³/mol. The van der Waals surface area contributed by atoms with Crippen molar-refractivity contribution in [1.82, 2.24) is 20.0 Å². The third-order valence-corrected chi connectivity index (χ3v) is 6.09. The molecule has 31 heavy (non-hydrogen) atoms. The monoisotopic (exact) mass is 418 g/mol. The molecule has 2 aliphatic rings. The molecule has 6 nitrogen and oxygen atoms in total. The van der Waals surface area contributed by atoms with E-state index in [2.05, 4.69) is 22.5 Å². The van der Waals surface area contributed by atoms with Gasteiger partial charge < -0.3 is 10.2 Å². The third-order valence-electron chi connectivity index (χ3n) is 6.09. The quantitative estimate of drug-likeness (QED) is 0.705. The van der Waals surface area contributed by atoms with Crippen LogP contribution in [0, 0.1) is 5.82 Å². The van der Waals surface area contributed by atoms with Crippen molar-refractivity contribution >= 4 is 11.8 Å². The van der Waals surface area contributed by atoms with Crippen molar-refractivity contribution in [2.75, 3.05) is 6.54 Å². The first-order chi connectivity index (χ1) is 15.1. The SMILES string of the molecule is O=C(N[C@H]1CCCc2ccccc21)c1cc2n(n1)CCN(Cc1ccccc1F)C2=O. The molecule has 0 spiro atoms. The number of carbonyl (C=O) groups excluding carboxylic acids is 2. The number of nitrogens with one attached hydrogen (secondary N) is 1. The van der Waals surface area contributed by atoms with Crippen LogP contribution in [0.5, 0.6) is 0 Å². The summed E-state index contributed by atoms with van der Waals surface area (Å²) < 4.78 is 15.6. The minimum Gasteiger partial charge on any atom is -0.344 e. The van der Waals surface area contributed by atoms with E-state index in [0.717, 1.165) is 24.8 Å². The molecule has 3 aromatic rings. The molecule has 2 heterocycles. The number of aryl methyl sites for hydroxylation is 1. The van der Waals surface area contributed by atoms with Crippen molar-refractivity contribution < 1.29 is 14.0 Å². The molecule has 2 amide bonds. The van der Waals surface area contributed by atoms with Gasteiger partial charge in [0, 0.05) is 24.7 Å². The van der Waals surface area contributed by atoms with Crippen LogP contribution in [0.2, 0.25) is 0 Å². The zero-order valence-corrected chi connectivity index (χ0v) is 17.1. The highest BCUT2D eigenvalue weighted by atomic mass is 19.1. The van der Waals surface area contributed by atoms with Gasteiger partial charge in [0.05, 0.1) is 12.6 Å². The van der Waals surface area contributed by atoms with Gasteiger partial charge in [-0.2, -0.15) is 5.10 Å². The molecule has 0 unspecified atom stereocenters. The Morgan fingerprint density at radius 1 is 1.13 bits per heavy atom. The highest BCUT2D eigenvalue weighted by Crippen LogP contribution is 2.29. The van der Waals surface area contributed by atoms with Crippen LogP contribution < -0.4 is 5.32 Å². The van der Waals surface area contributed by atoms with Crippen LogP contribution in [0.15, 0.2) is 54.6 Å². The van der Waals surface area contributed by atoms with Crippen LogP contribution in [-0.2, 0) is 19.5 Å². The molecule has 1 aromatic heterocycles. The summed E-state index contributed by atoms with van der Waals surface area (Å²) in [6.07, 6.45) is 2.92. The van der Waals surface area contributed by atoms with E-state index in [-0.39, 0.29) is 35.9 Å². The molecule has 0 radical (unpaired) electrons. The number of hydrogen-bond acceptors (Lipinski definition) is 3. The summed E-state index contributed by atoms with van der Waals surface area (Å²) in [6, 6.07) is 16.1. The van der Waals surface area contributed by atoms with Gasteiger partial charge in [-0.1, -0.05) is 42.5 Å².